The lowest BCUT2D eigenvalue weighted by Gasteiger charge is -2.36. The van der Waals surface area contributed by atoms with Gasteiger partial charge in [0.2, 0.25) is 0 Å². The molecule has 3 rings (SSSR count). The molecular weight excluding hydrogens is 390 g/mol. The molecule has 2 aromatic rings. The van der Waals surface area contributed by atoms with Crippen LogP contribution in [0.2, 0.25) is 0 Å². The van der Waals surface area contributed by atoms with Gasteiger partial charge in [0.05, 0.1) is 0 Å². The SMILES string of the molecule is CCCNC(=O)c1ccc(N2CCC[C@@]2(C=O)c2ccc(C(=O)NCCC)cc2)cc1. The smallest absolute Gasteiger partial charge is 0.251 e. The molecule has 2 amide bonds. The Balaban J connectivity index is 1.83. The molecule has 1 fully saturated rings. The molecule has 0 unspecified atom stereocenters. The number of aldehydes is 1. The van der Waals surface area contributed by atoms with E-state index < -0.39 is 5.54 Å². The van der Waals surface area contributed by atoms with Crippen LogP contribution in [0, 0.1) is 0 Å². The summed E-state index contributed by atoms with van der Waals surface area (Å²) in [6, 6.07) is 14.7. The summed E-state index contributed by atoms with van der Waals surface area (Å²) in [5.41, 5.74) is 2.20. The number of nitrogens with one attached hydrogen (secondary N) is 2. The lowest BCUT2D eigenvalue weighted by atomic mass is 9.87. The zero-order valence-corrected chi connectivity index (χ0v) is 18.3. The number of rotatable bonds is 9. The van der Waals surface area contributed by atoms with Gasteiger partial charge < -0.3 is 20.3 Å². The maximum Gasteiger partial charge on any atom is 0.251 e. The predicted octanol–water partition coefficient (Wildman–Crippen LogP) is 3.66. The highest BCUT2D eigenvalue weighted by molar-refractivity contribution is 5.95. The second kappa shape index (κ2) is 10.2. The lowest BCUT2D eigenvalue weighted by molar-refractivity contribution is -0.112. The molecule has 0 spiro atoms. The molecule has 0 aliphatic carbocycles. The van der Waals surface area contributed by atoms with Crippen molar-refractivity contribution in [3.63, 3.8) is 0 Å². The number of benzene rings is 2. The van der Waals surface area contributed by atoms with Crippen LogP contribution in [0.15, 0.2) is 48.5 Å². The van der Waals surface area contributed by atoms with Crippen molar-refractivity contribution in [1.82, 2.24) is 10.6 Å². The number of carbonyl (C=O) groups is 3. The molecule has 1 heterocycles. The van der Waals surface area contributed by atoms with Gasteiger partial charge in [-0.1, -0.05) is 26.0 Å². The topological polar surface area (TPSA) is 78.5 Å². The zero-order chi connectivity index (χ0) is 22.3. The summed E-state index contributed by atoms with van der Waals surface area (Å²) in [4.78, 5) is 38.9. The standard InChI is InChI=1S/C25H31N3O3/c1-3-15-26-23(30)19-6-10-21(11-7-19)25(18-29)14-5-17-28(25)22-12-8-20(9-13-22)24(31)27-16-4-2/h6-13,18H,3-5,14-17H2,1-2H3,(H,26,30)(H,27,31)/t25-/m1/s1. The summed E-state index contributed by atoms with van der Waals surface area (Å²) in [7, 11) is 0. The summed E-state index contributed by atoms with van der Waals surface area (Å²) in [5.74, 6) is -0.192. The lowest BCUT2D eigenvalue weighted by Crippen LogP contribution is -2.43. The van der Waals surface area contributed by atoms with Crippen LogP contribution < -0.4 is 15.5 Å². The summed E-state index contributed by atoms with van der Waals surface area (Å²) in [6.45, 7) is 6.06. The van der Waals surface area contributed by atoms with Crippen LogP contribution >= 0.6 is 0 Å². The number of nitrogens with zero attached hydrogens (tertiary/aromatic N) is 1. The van der Waals surface area contributed by atoms with E-state index in [0.29, 0.717) is 30.6 Å². The first kappa shape index (κ1) is 22.5. The van der Waals surface area contributed by atoms with Crippen molar-refractivity contribution in [3.8, 4) is 0 Å². The van der Waals surface area contributed by atoms with Crippen molar-refractivity contribution in [2.75, 3.05) is 24.5 Å². The third-order valence-electron chi connectivity index (χ3n) is 5.78. The molecule has 1 aliphatic rings. The fourth-order valence-electron chi connectivity index (χ4n) is 4.08. The molecule has 2 aromatic carbocycles. The van der Waals surface area contributed by atoms with Gasteiger partial charge in [-0.15, -0.1) is 0 Å². The molecule has 0 aromatic heterocycles. The third kappa shape index (κ3) is 4.79. The second-order valence-electron chi connectivity index (χ2n) is 7.93. The summed E-state index contributed by atoms with van der Waals surface area (Å²) in [6.07, 6.45) is 4.37. The predicted molar refractivity (Wildman–Crippen MR) is 122 cm³/mol. The minimum Gasteiger partial charge on any atom is -0.355 e. The van der Waals surface area contributed by atoms with E-state index in [-0.39, 0.29) is 11.8 Å². The third-order valence-corrected chi connectivity index (χ3v) is 5.78. The minimum atomic E-state index is -0.773. The monoisotopic (exact) mass is 421 g/mol. The van der Waals surface area contributed by atoms with Crippen molar-refractivity contribution in [2.45, 2.75) is 45.1 Å². The Morgan fingerprint density at radius 2 is 1.42 bits per heavy atom. The number of hydrogen-bond acceptors (Lipinski definition) is 4. The highest BCUT2D eigenvalue weighted by Gasteiger charge is 2.42. The second-order valence-corrected chi connectivity index (χ2v) is 7.93. The van der Waals surface area contributed by atoms with Crippen molar-refractivity contribution in [3.05, 3.63) is 65.2 Å². The molecule has 1 atom stereocenters. The van der Waals surface area contributed by atoms with Crippen molar-refractivity contribution >= 4 is 23.8 Å². The zero-order valence-electron chi connectivity index (χ0n) is 18.3. The van der Waals surface area contributed by atoms with Gasteiger partial charge in [-0.25, -0.2) is 0 Å². The largest absolute Gasteiger partial charge is 0.355 e. The molecular formula is C25H31N3O3. The Labute approximate surface area is 184 Å². The Morgan fingerprint density at radius 3 is 1.90 bits per heavy atom. The number of anilines is 1. The van der Waals surface area contributed by atoms with Crippen LogP contribution in [0.3, 0.4) is 0 Å². The fraction of sp³-hybridized carbons (Fsp3) is 0.400. The highest BCUT2D eigenvalue weighted by atomic mass is 16.2. The van der Waals surface area contributed by atoms with Gasteiger partial charge in [-0.05, 0) is 67.6 Å². The van der Waals surface area contributed by atoms with Crippen LogP contribution in [0.25, 0.3) is 0 Å². The Morgan fingerprint density at radius 1 is 0.903 bits per heavy atom. The van der Waals surface area contributed by atoms with Gasteiger partial charge in [0.25, 0.3) is 11.8 Å². The van der Waals surface area contributed by atoms with Gasteiger partial charge in [-0.2, -0.15) is 0 Å². The molecule has 0 bridgehead atoms. The van der Waals surface area contributed by atoms with E-state index in [1.807, 2.05) is 38.1 Å². The highest BCUT2D eigenvalue weighted by Crippen LogP contribution is 2.40. The summed E-state index contributed by atoms with van der Waals surface area (Å²) in [5, 5.41) is 5.75. The van der Waals surface area contributed by atoms with Crippen molar-refractivity contribution in [1.29, 1.82) is 0 Å². The minimum absolute atomic E-state index is 0.0894. The number of amides is 2. The maximum atomic E-state index is 12.4. The first-order chi connectivity index (χ1) is 15.1. The normalized spacial score (nSPS) is 17.9. The van der Waals surface area contributed by atoms with Crippen LogP contribution in [0.1, 0.15) is 65.8 Å². The molecule has 164 valence electrons. The van der Waals surface area contributed by atoms with Crippen LogP contribution in [-0.2, 0) is 10.3 Å². The molecule has 2 N–H and O–H groups in total. The molecule has 0 radical (unpaired) electrons. The van der Waals surface area contributed by atoms with E-state index >= 15 is 0 Å². The molecule has 6 heteroatoms. The van der Waals surface area contributed by atoms with E-state index in [0.717, 1.165) is 43.3 Å². The average Bonchev–Trinajstić information content (AvgIpc) is 3.26. The first-order valence-corrected chi connectivity index (χ1v) is 11.1. The van der Waals surface area contributed by atoms with E-state index in [1.54, 1.807) is 24.3 Å². The van der Waals surface area contributed by atoms with E-state index in [1.165, 1.54) is 0 Å². The Hall–Kier alpha value is -3.15. The van der Waals surface area contributed by atoms with Gasteiger partial charge in [0.15, 0.2) is 0 Å². The van der Waals surface area contributed by atoms with E-state index in [9.17, 15) is 14.4 Å². The molecule has 1 saturated heterocycles. The Bertz CT molecular complexity index is 909. The number of carbonyl (C=O) groups excluding carboxylic acids is 3. The molecule has 1 aliphatic heterocycles. The summed E-state index contributed by atoms with van der Waals surface area (Å²) >= 11 is 0. The van der Waals surface area contributed by atoms with E-state index in [4.69, 9.17) is 0 Å². The number of hydrogen-bond donors (Lipinski definition) is 2. The van der Waals surface area contributed by atoms with Crippen LogP contribution in [0.5, 0.6) is 0 Å². The summed E-state index contributed by atoms with van der Waals surface area (Å²) < 4.78 is 0. The van der Waals surface area contributed by atoms with Crippen molar-refractivity contribution in [2.24, 2.45) is 0 Å². The van der Waals surface area contributed by atoms with Crippen LogP contribution in [-0.4, -0.2) is 37.7 Å². The quantitative estimate of drug-likeness (QED) is 0.606. The molecule has 0 saturated carbocycles. The molecule has 31 heavy (non-hydrogen) atoms. The van der Waals surface area contributed by atoms with Crippen molar-refractivity contribution < 1.29 is 14.4 Å². The van der Waals surface area contributed by atoms with Gasteiger partial charge in [0, 0.05) is 36.4 Å². The molecule has 6 nitrogen and oxygen atoms in total. The van der Waals surface area contributed by atoms with Gasteiger partial charge in [-0.3, -0.25) is 9.59 Å². The van der Waals surface area contributed by atoms with Gasteiger partial charge in [0.1, 0.15) is 11.8 Å². The van der Waals surface area contributed by atoms with Gasteiger partial charge >= 0.3 is 0 Å². The fourth-order valence-corrected chi connectivity index (χ4v) is 4.08. The maximum absolute atomic E-state index is 12.4. The van der Waals surface area contributed by atoms with Crippen LogP contribution in [0.4, 0.5) is 5.69 Å². The average molecular weight is 422 g/mol. The van der Waals surface area contributed by atoms with E-state index in [2.05, 4.69) is 15.5 Å². The Kier molecular flexibility index (Phi) is 7.45. The first-order valence-electron chi connectivity index (χ1n) is 11.1.